The Morgan fingerprint density at radius 3 is 2.20 bits per heavy atom. The first-order valence-electron chi connectivity index (χ1n) is 12.0. The number of carboxylic acids is 1. The number of ether oxygens (including phenoxy) is 1. The van der Waals surface area contributed by atoms with Gasteiger partial charge < -0.3 is 25.8 Å². The number of hydrogen-bond acceptors (Lipinski definition) is 4. The SMILES string of the molecule is COc1ccc(C)cc1NC(=O)Nc1ccc([C@H]2CC[C@H](C(=O)N[C@H](C(=O)O)C(C)C)CC2)cc1. The van der Waals surface area contributed by atoms with Crippen LogP contribution in [0.25, 0.3) is 0 Å². The van der Waals surface area contributed by atoms with E-state index in [4.69, 9.17) is 4.74 Å². The van der Waals surface area contributed by atoms with Crippen molar-refractivity contribution in [2.75, 3.05) is 17.7 Å². The third-order valence-corrected chi connectivity index (χ3v) is 6.57. The standard InChI is InChI=1S/C27H35N3O5/c1-16(2)24(26(32)33)30-25(31)20-8-6-18(7-9-20)19-10-12-21(13-11-19)28-27(34)29-22-15-17(3)5-14-23(22)35-4/h5,10-16,18,20,24H,6-9H2,1-4H3,(H,30,31)(H,32,33)(H2,28,29,34)/t18-,20-,24-/m0/s1. The van der Waals surface area contributed by atoms with Crippen molar-refractivity contribution >= 4 is 29.3 Å². The summed E-state index contributed by atoms with van der Waals surface area (Å²) in [5, 5.41) is 17.7. The summed E-state index contributed by atoms with van der Waals surface area (Å²) in [6.07, 6.45) is 3.17. The fourth-order valence-electron chi connectivity index (χ4n) is 4.52. The van der Waals surface area contributed by atoms with Crippen LogP contribution in [0.4, 0.5) is 16.2 Å². The van der Waals surface area contributed by atoms with E-state index >= 15 is 0 Å². The van der Waals surface area contributed by atoms with Crippen LogP contribution < -0.4 is 20.7 Å². The molecule has 4 N–H and O–H groups in total. The molecule has 3 rings (SSSR count). The lowest BCUT2D eigenvalue weighted by Gasteiger charge is -2.29. The molecule has 3 amide bonds. The molecule has 1 fully saturated rings. The van der Waals surface area contributed by atoms with Gasteiger partial charge in [0.15, 0.2) is 0 Å². The zero-order chi connectivity index (χ0) is 25.5. The predicted molar refractivity (Wildman–Crippen MR) is 136 cm³/mol. The smallest absolute Gasteiger partial charge is 0.326 e. The average Bonchev–Trinajstić information content (AvgIpc) is 2.82. The minimum atomic E-state index is -0.998. The van der Waals surface area contributed by atoms with Crippen LogP contribution in [-0.2, 0) is 9.59 Å². The Bertz CT molecular complexity index is 1040. The topological polar surface area (TPSA) is 117 Å². The third kappa shape index (κ3) is 6.97. The van der Waals surface area contributed by atoms with E-state index in [1.54, 1.807) is 21.0 Å². The monoisotopic (exact) mass is 481 g/mol. The molecule has 0 aromatic heterocycles. The van der Waals surface area contributed by atoms with E-state index in [0.717, 1.165) is 31.2 Å². The van der Waals surface area contributed by atoms with Crippen molar-refractivity contribution in [3.8, 4) is 5.75 Å². The molecule has 1 atom stereocenters. The van der Waals surface area contributed by atoms with Gasteiger partial charge in [0, 0.05) is 11.6 Å². The maximum absolute atomic E-state index is 12.6. The fourth-order valence-corrected chi connectivity index (χ4v) is 4.52. The van der Waals surface area contributed by atoms with Gasteiger partial charge in [-0.3, -0.25) is 4.79 Å². The van der Waals surface area contributed by atoms with Gasteiger partial charge in [-0.1, -0.05) is 32.0 Å². The normalized spacial score (nSPS) is 18.4. The molecule has 2 aromatic rings. The van der Waals surface area contributed by atoms with Crippen molar-refractivity contribution in [3.05, 3.63) is 53.6 Å². The summed E-state index contributed by atoms with van der Waals surface area (Å²) in [4.78, 5) is 36.4. The molecule has 0 heterocycles. The number of aliphatic carboxylic acids is 1. The van der Waals surface area contributed by atoms with Crippen LogP contribution in [-0.4, -0.2) is 36.2 Å². The highest BCUT2D eigenvalue weighted by Crippen LogP contribution is 2.36. The van der Waals surface area contributed by atoms with Crippen molar-refractivity contribution in [3.63, 3.8) is 0 Å². The molecule has 8 heteroatoms. The van der Waals surface area contributed by atoms with E-state index in [0.29, 0.717) is 23.0 Å². The van der Waals surface area contributed by atoms with Crippen molar-refractivity contribution in [1.29, 1.82) is 0 Å². The molecular weight excluding hydrogens is 446 g/mol. The van der Waals surface area contributed by atoms with Crippen LogP contribution in [0.5, 0.6) is 5.75 Å². The molecule has 1 aliphatic rings. The summed E-state index contributed by atoms with van der Waals surface area (Å²) in [7, 11) is 1.56. The maximum atomic E-state index is 12.6. The average molecular weight is 482 g/mol. The second-order valence-corrected chi connectivity index (χ2v) is 9.52. The number of anilines is 2. The van der Waals surface area contributed by atoms with Gasteiger partial charge in [0.05, 0.1) is 12.8 Å². The molecule has 1 saturated carbocycles. The van der Waals surface area contributed by atoms with E-state index in [2.05, 4.69) is 16.0 Å². The van der Waals surface area contributed by atoms with Crippen LogP contribution >= 0.6 is 0 Å². The van der Waals surface area contributed by atoms with E-state index < -0.39 is 12.0 Å². The highest BCUT2D eigenvalue weighted by atomic mass is 16.5. The van der Waals surface area contributed by atoms with Gasteiger partial charge >= 0.3 is 12.0 Å². The summed E-state index contributed by atoms with van der Waals surface area (Å²) in [6, 6.07) is 12.1. The summed E-state index contributed by atoms with van der Waals surface area (Å²) in [6.45, 7) is 5.52. The molecule has 0 radical (unpaired) electrons. The Hall–Kier alpha value is -3.55. The van der Waals surface area contributed by atoms with Crippen LogP contribution in [0.3, 0.4) is 0 Å². The van der Waals surface area contributed by atoms with Gasteiger partial charge in [-0.15, -0.1) is 0 Å². The summed E-state index contributed by atoms with van der Waals surface area (Å²) >= 11 is 0. The second-order valence-electron chi connectivity index (χ2n) is 9.52. The van der Waals surface area contributed by atoms with Gasteiger partial charge in [0.1, 0.15) is 11.8 Å². The first-order chi connectivity index (χ1) is 16.7. The number of hydrogen-bond donors (Lipinski definition) is 4. The molecule has 0 bridgehead atoms. The van der Waals surface area contributed by atoms with E-state index in [9.17, 15) is 19.5 Å². The van der Waals surface area contributed by atoms with Crippen LogP contribution in [0.1, 0.15) is 56.6 Å². The maximum Gasteiger partial charge on any atom is 0.326 e. The number of carboxylic acid groups (broad SMARTS) is 1. The second kappa shape index (κ2) is 11.7. The molecule has 2 aromatic carbocycles. The molecular formula is C27H35N3O5. The van der Waals surface area contributed by atoms with E-state index in [-0.39, 0.29) is 23.8 Å². The predicted octanol–water partition coefficient (Wildman–Crippen LogP) is 5.15. The van der Waals surface area contributed by atoms with E-state index in [1.165, 1.54) is 5.56 Å². The quantitative estimate of drug-likeness (QED) is 0.416. The van der Waals surface area contributed by atoms with Crippen LogP contribution in [0, 0.1) is 18.8 Å². The molecule has 0 saturated heterocycles. The Balaban J connectivity index is 1.52. The highest BCUT2D eigenvalue weighted by molar-refractivity contribution is 6.00. The number of nitrogens with one attached hydrogen (secondary N) is 3. The lowest BCUT2D eigenvalue weighted by atomic mass is 9.78. The molecule has 0 spiro atoms. The number of rotatable bonds is 8. The number of methoxy groups -OCH3 is 1. The third-order valence-electron chi connectivity index (χ3n) is 6.57. The highest BCUT2D eigenvalue weighted by Gasteiger charge is 2.31. The largest absolute Gasteiger partial charge is 0.495 e. The minimum absolute atomic E-state index is 0.157. The summed E-state index contributed by atoms with van der Waals surface area (Å²) in [5.41, 5.74) is 3.46. The Kier molecular flexibility index (Phi) is 8.73. The van der Waals surface area contributed by atoms with Crippen molar-refractivity contribution in [2.45, 2.75) is 58.4 Å². The zero-order valence-corrected chi connectivity index (χ0v) is 20.8. The number of carbonyl (C=O) groups excluding carboxylic acids is 2. The van der Waals surface area contributed by atoms with Gasteiger partial charge in [-0.2, -0.15) is 0 Å². The number of aryl methyl sites for hydroxylation is 1. The van der Waals surface area contributed by atoms with Gasteiger partial charge in [0.25, 0.3) is 0 Å². The van der Waals surface area contributed by atoms with Gasteiger partial charge in [-0.05, 0) is 79.8 Å². The van der Waals surface area contributed by atoms with Crippen LogP contribution in [0.15, 0.2) is 42.5 Å². The summed E-state index contributed by atoms with van der Waals surface area (Å²) < 4.78 is 5.30. The van der Waals surface area contributed by atoms with Crippen molar-refractivity contribution < 1.29 is 24.2 Å². The van der Waals surface area contributed by atoms with Crippen molar-refractivity contribution in [1.82, 2.24) is 5.32 Å². The number of carbonyl (C=O) groups is 3. The molecule has 0 aliphatic heterocycles. The van der Waals surface area contributed by atoms with E-state index in [1.807, 2.05) is 49.4 Å². The molecule has 0 unspecified atom stereocenters. The van der Waals surface area contributed by atoms with Crippen LogP contribution in [0.2, 0.25) is 0 Å². The Morgan fingerprint density at radius 2 is 1.63 bits per heavy atom. The molecule has 35 heavy (non-hydrogen) atoms. The lowest BCUT2D eigenvalue weighted by Crippen LogP contribution is -2.47. The Morgan fingerprint density at radius 1 is 0.971 bits per heavy atom. The number of urea groups is 1. The van der Waals surface area contributed by atoms with Gasteiger partial charge in [0.2, 0.25) is 5.91 Å². The first kappa shape index (κ1) is 26.1. The Labute approximate surface area is 206 Å². The number of amides is 3. The zero-order valence-electron chi connectivity index (χ0n) is 20.8. The molecule has 1 aliphatic carbocycles. The van der Waals surface area contributed by atoms with Gasteiger partial charge in [-0.25, -0.2) is 9.59 Å². The summed E-state index contributed by atoms with van der Waals surface area (Å²) in [5.74, 6) is -0.564. The molecule has 8 nitrogen and oxygen atoms in total. The molecule has 188 valence electrons. The first-order valence-corrected chi connectivity index (χ1v) is 12.0. The fraction of sp³-hybridized carbons (Fsp3) is 0.444. The minimum Gasteiger partial charge on any atom is -0.495 e. The number of benzene rings is 2. The lowest BCUT2D eigenvalue weighted by molar-refractivity contribution is -0.144. The van der Waals surface area contributed by atoms with Crippen molar-refractivity contribution in [2.24, 2.45) is 11.8 Å².